The minimum atomic E-state index is -0.128. The Labute approximate surface area is 118 Å². The molecule has 2 N–H and O–H groups in total. The van der Waals surface area contributed by atoms with Crippen molar-refractivity contribution >= 4 is 11.6 Å². The number of hydrogen-bond donors (Lipinski definition) is 2. The summed E-state index contributed by atoms with van der Waals surface area (Å²) in [4.78, 5) is 0. The Kier molecular flexibility index (Phi) is 4.55. The van der Waals surface area contributed by atoms with Crippen LogP contribution in [-0.4, -0.2) is 31.5 Å². The van der Waals surface area contributed by atoms with Gasteiger partial charge in [0.2, 0.25) is 0 Å². The first kappa shape index (κ1) is 14.4. The number of rotatable bonds is 6. The zero-order chi connectivity index (χ0) is 13.9. The maximum absolute atomic E-state index is 9.43. The van der Waals surface area contributed by atoms with Gasteiger partial charge in [0, 0.05) is 12.1 Å². The molecule has 0 saturated heterocycles. The van der Waals surface area contributed by atoms with Gasteiger partial charge in [-0.3, -0.25) is 0 Å². The van der Waals surface area contributed by atoms with E-state index >= 15 is 0 Å². The Bertz CT molecular complexity index is 441. The Morgan fingerprint density at radius 1 is 1.32 bits per heavy atom. The van der Waals surface area contributed by atoms with Crippen molar-refractivity contribution in [1.82, 2.24) is 5.32 Å². The van der Waals surface area contributed by atoms with Crippen LogP contribution in [0.15, 0.2) is 12.1 Å². The normalized spacial score (nSPS) is 16.8. The van der Waals surface area contributed by atoms with Crippen molar-refractivity contribution in [3.8, 4) is 11.5 Å². The van der Waals surface area contributed by atoms with E-state index in [1.165, 1.54) is 0 Å². The number of benzene rings is 1. The van der Waals surface area contributed by atoms with Crippen LogP contribution >= 0.6 is 11.6 Å². The molecule has 19 heavy (non-hydrogen) atoms. The molecule has 1 aliphatic carbocycles. The molecular formula is C14H20ClNO3. The molecule has 0 atom stereocenters. The van der Waals surface area contributed by atoms with E-state index in [2.05, 4.69) is 5.32 Å². The molecule has 0 unspecified atom stereocenters. The van der Waals surface area contributed by atoms with Gasteiger partial charge >= 0.3 is 0 Å². The predicted octanol–water partition coefficient (Wildman–Crippen LogP) is 2.36. The summed E-state index contributed by atoms with van der Waals surface area (Å²) in [5, 5.41) is 13.4. The third-order valence-electron chi connectivity index (χ3n) is 3.83. The van der Waals surface area contributed by atoms with Crippen LogP contribution in [0.25, 0.3) is 0 Å². The number of nitrogens with one attached hydrogen (secondary N) is 1. The summed E-state index contributed by atoms with van der Waals surface area (Å²) in [7, 11) is 3.16. The van der Waals surface area contributed by atoms with Crippen molar-refractivity contribution in [3.63, 3.8) is 0 Å². The first-order valence-electron chi connectivity index (χ1n) is 6.41. The van der Waals surface area contributed by atoms with Gasteiger partial charge in [-0.15, -0.1) is 0 Å². The maximum Gasteiger partial charge on any atom is 0.179 e. The molecule has 1 aromatic carbocycles. The van der Waals surface area contributed by atoms with Gasteiger partial charge in [0.25, 0.3) is 0 Å². The second-order valence-electron chi connectivity index (χ2n) is 4.92. The van der Waals surface area contributed by atoms with E-state index in [1.807, 2.05) is 12.1 Å². The Morgan fingerprint density at radius 2 is 2.05 bits per heavy atom. The van der Waals surface area contributed by atoms with Crippen LogP contribution in [0, 0.1) is 0 Å². The van der Waals surface area contributed by atoms with E-state index in [0.717, 1.165) is 24.8 Å². The monoisotopic (exact) mass is 285 g/mol. The third kappa shape index (κ3) is 2.81. The topological polar surface area (TPSA) is 50.7 Å². The highest BCUT2D eigenvalue weighted by molar-refractivity contribution is 6.33. The number of halogens is 1. The summed E-state index contributed by atoms with van der Waals surface area (Å²) in [6, 6.07) is 3.76. The van der Waals surface area contributed by atoms with Crippen molar-refractivity contribution in [2.24, 2.45) is 0 Å². The van der Waals surface area contributed by atoms with Gasteiger partial charge in [-0.25, -0.2) is 0 Å². The fourth-order valence-corrected chi connectivity index (χ4v) is 2.64. The van der Waals surface area contributed by atoms with Crippen LogP contribution in [-0.2, 0) is 6.54 Å². The molecule has 0 aromatic heterocycles. The van der Waals surface area contributed by atoms with Gasteiger partial charge in [-0.05, 0) is 30.9 Å². The second-order valence-corrected chi connectivity index (χ2v) is 5.30. The largest absolute Gasteiger partial charge is 0.493 e. The Morgan fingerprint density at radius 3 is 2.53 bits per heavy atom. The number of aliphatic hydroxyl groups excluding tert-OH is 1. The van der Waals surface area contributed by atoms with E-state index in [4.69, 9.17) is 21.1 Å². The van der Waals surface area contributed by atoms with Gasteiger partial charge in [-0.1, -0.05) is 17.7 Å². The molecule has 1 aromatic rings. The van der Waals surface area contributed by atoms with E-state index < -0.39 is 0 Å². The summed E-state index contributed by atoms with van der Waals surface area (Å²) in [5.74, 6) is 1.17. The molecule has 4 nitrogen and oxygen atoms in total. The average Bonchev–Trinajstić information content (AvgIpc) is 2.39. The zero-order valence-electron chi connectivity index (χ0n) is 11.3. The Hall–Kier alpha value is -0.970. The molecule has 1 fully saturated rings. The minimum absolute atomic E-state index is 0.128. The van der Waals surface area contributed by atoms with Crippen molar-refractivity contribution < 1.29 is 14.6 Å². The summed E-state index contributed by atoms with van der Waals surface area (Å²) in [5.41, 5.74) is 0.815. The molecule has 106 valence electrons. The molecule has 0 heterocycles. The first-order chi connectivity index (χ1) is 9.15. The molecule has 0 spiro atoms. The molecule has 1 aliphatic rings. The number of methoxy groups -OCH3 is 2. The van der Waals surface area contributed by atoms with E-state index in [9.17, 15) is 5.11 Å². The molecule has 0 aliphatic heterocycles. The predicted molar refractivity (Wildman–Crippen MR) is 75.1 cm³/mol. The quantitative estimate of drug-likeness (QED) is 0.842. The van der Waals surface area contributed by atoms with Gasteiger partial charge in [-0.2, -0.15) is 0 Å². The standard InChI is InChI=1S/C14H20ClNO3/c1-18-11-5-4-10(12(15)13(11)19-2)8-16-14(9-17)6-3-7-14/h4-5,16-17H,3,6-9H2,1-2H3. The molecule has 0 radical (unpaired) electrons. The lowest BCUT2D eigenvalue weighted by Gasteiger charge is -2.41. The smallest absolute Gasteiger partial charge is 0.179 e. The van der Waals surface area contributed by atoms with Crippen molar-refractivity contribution in [1.29, 1.82) is 0 Å². The number of aliphatic hydroxyl groups is 1. The zero-order valence-corrected chi connectivity index (χ0v) is 12.1. The fraction of sp³-hybridized carbons (Fsp3) is 0.571. The average molecular weight is 286 g/mol. The molecule has 0 amide bonds. The van der Waals surface area contributed by atoms with Crippen molar-refractivity contribution in [2.75, 3.05) is 20.8 Å². The van der Waals surface area contributed by atoms with Crippen LogP contribution in [0.5, 0.6) is 11.5 Å². The lowest BCUT2D eigenvalue weighted by Crippen LogP contribution is -2.53. The summed E-state index contributed by atoms with van der Waals surface area (Å²) in [6.07, 6.45) is 3.18. The Balaban J connectivity index is 2.12. The lowest BCUT2D eigenvalue weighted by atomic mass is 9.77. The summed E-state index contributed by atoms with van der Waals surface area (Å²) in [6.45, 7) is 0.775. The lowest BCUT2D eigenvalue weighted by molar-refractivity contribution is 0.0872. The highest BCUT2D eigenvalue weighted by atomic mass is 35.5. The molecule has 5 heteroatoms. The number of ether oxygens (including phenoxy) is 2. The van der Waals surface area contributed by atoms with Gasteiger partial charge in [0.1, 0.15) is 0 Å². The van der Waals surface area contributed by atoms with E-state index in [-0.39, 0.29) is 12.1 Å². The third-order valence-corrected chi connectivity index (χ3v) is 4.25. The number of hydrogen-bond acceptors (Lipinski definition) is 4. The fourth-order valence-electron chi connectivity index (χ4n) is 2.34. The van der Waals surface area contributed by atoms with Crippen LogP contribution in [0.3, 0.4) is 0 Å². The summed E-state index contributed by atoms with van der Waals surface area (Å²) < 4.78 is 10.5. The molecule has 1 saturated carbocycles. The summed E-state index contributed by atoms with van der Waals surface area (Å²) >= 11 is 6.32. The van der Waals surface area contributed by atoms with Gasteiger partial charge in [0.05, 0.1) is 25.8 Å². The molecule has 0 bridgehead atoms. The van der Waals surface area contributed by atoms with Crippen LogP contribution in [0.2, 0.25) is 5.02 Å². The van der Waals surface area contributed by atoms with E-state index in [1.54, 1.807) is 14.2 Å². The highest BCUT2D eigenvalue weighted by Crippen LogP contribution is 2.38. The van der Waals surface area contributed by atoms with E-state index in [0.29, 0.717) is 23.1 Å². The minimum Gasteiger partial charge on any atom is -0.493 e. The highest BCUT2D eigenvalue weighted by Gasteiger charge is 2.35. The van der Waals surface area contributed by atoms with Gasteiger partial charge in [0.15, 0.2) is 11.5 Å². The first-order valence-corrected chi connectivity index (χ1v) is 6.79. The van der Waals surface area contributed by atoms with Crippen molar-refractivity contribution in [3.05, 3.63) is 22.7 Å². The van der Waals surface area contributed by atoms with Crippen molar-refractivity contribution in [2.45, 2.75) is 31.3 Å². The molecular weight excluding hydrogens is 266 g/mol. The SMILES string of the molecule is COc1ccc(CNC2(CO)CCC2)c(Cl)c1OC. The molecule has 2 rings (SSSR count). The van der Waals surface area contributed by atoms with Crippen LogP contribution in [0.1, 0.15) is 24.8 Å². The van der Waals surface area contributed by atoms with Crippen LogP contribution in [0.4, 0.5) is 0 Å². The van der Waals surface area contributed by atoms with Crippen LogP contribution < -0.4 is 14.8 Å². The second kappa shape index (κ2) is 5.99. The maximum atomic E-state index is 9.43. The van der Waals surface area contributed by atoms with Gasteiger partial charge < -0.3 is 19.9 Å².